The lowest BCUT2D eigenvalue weighted by Crippen LogP contribution is -2.33. The number of fused-ring (bicyclic) bond motifs is 1. The first-order valence-corrected chi connectivity index (χ1v) is 6.71. The van der Waals surface area contributed by atoms with Gasteiger partial charge in [-0.2, -0.15) is 0 Å². The molecule has 0 aromatic carbocycles. The third kappa shape index (κ3) is 2.47. The summed E-state index contributed by atoms with van der Waals surface area (Å²) in [4.78, 5) is 28.2. The van der Waals surface area contributed by atoms with Crippen LogP contribution < -0.4 is 5.56 Å². The molecule has 0 unspecified atom stereocenters. The third-order valence-electron chi connectivity index (χ3n) is 3.89. The van der Waals surface area contributed by atoms with Gasteiger partial charge >= 0.3 is 0 Å². The van der Waals surface area contributed by atoms with E-state index in [1.54, 1.807) is 6.07 Å². The molecule has 0 radical (unpaired) electrons. The molecule has 1 N–H and O–H groups in total. The largest absolute Gasteiger partial charge is 0.342 e. The fourth-order valence-corrected chi connectivity index (χ4v) is 2.57. The maximum Gasteiger partial charge on any atom is 0.248 e. The smallest absolute Gasteiger partial charge is 0.248 e. The van der Waals surface area contributed by atoms with E-state index in [0.29, 0.717) is 12.3 Å². The van der Waals surface area contributed by atoms with E-state index < -0.39 is 0 Å². The molecular formula is C14H18N2O2. The van der Waals surface area contributed by atoms with Crippen molar-refractivity contribution in [1.29, 1.82) is 0 Å². The Kier molecular flexibility index (Phi) is 2.94. The van der Waals surface area contributed by atoms with Gasteiger partial charge in [0.25, 0.3) is 0 Å². The van der Waals surface area contributed by atoms with Gasteiger partial charge in [-0.05, 0) is 30.7 Å². The summed E-state index contributed by atoms with van der Waals surface area (Å²) in [6.07, 6.45) is 4.76. The Hall–Kier alpha value is -1.58. The van der Waals surface area contributed by atoms with Crippen LogP contribution in [0, 0.1) is 5.92 Å². The SMILES string of the molecule is O=C(CC1CC1)N1CCc2ccc(=O)[nH]c2CC1. The van der Waals surface area contributed by atoms with Gasteiger partial charge in [0.2, 0.25) is 11.5 Å². The summed E-state index contributed by atoms with van der Waals surface area (Å²) in [5.41, 5.74) is 2.13. The van der Waals surface area contributed by atoms with Crippen LogP contribution in [0.2, 0.25) is 0 Å². The van der Waals surface area contributed by atoms with Crippen LogP contribution in [0.15, 0.2) is 16.9 Å². The third-order valence-corrected chi connectivity index (χ3v) is 3.89. The maximum absolute atomic E-state index is 12.1. The molecule has 0 saturated heterocycles. The summed E-state index contributed by atoms with van der Waals surface area (Å²) in [5, 5.41) is 0. The molecule has 0 spiro atoms. The number of rotatable bonds is 2. The number of nitrogens with one attached hydrogen (secondary N) is 1. The van der Waals surface area contributed by atoms with E-state index in [1.165, 1.54) is 18.4 Å². The van der Waals surface area contributed by atoms with Crippen LogP contribution in [-0.2, 0) is 17.6 Å². The van der Waals surface area contributed by atoms with Crippen molar-refractivity contribution in [2.24, 2.45) is 5.92 Å². The van der Waals surface area contributed by atoms with E-state index in [4.69, 9.17) is 0 Å². The van der Waals surface area contributed by atoms with Gasteiger partial charge in [0, 0.05) is 37.7 Å². The molecule has 1 fully saturated rings. The number of aromatic nitrogens is 1. The first-order chi connectivity index (χ1) is 8.72. The quantitative estimate of drug-likeness (QED) is 0.849. The number of hydrogen-bond donors (Lipinski definition) is 1. The van der Waals surface area contributed by atoms with Crippen LogP contribution >= 0.6 is 0 Å². The van der Waals surface area contributed by atoms with E-state index in [1.807, 2.05) is 11.0 Å². The minimum atomic E-state index is -0.0495. The first kappa shape index (κ1) is 11.5. The van der Waals surface area contributed by atoms with Crippen LogP contribution in [-0.4, -0.2) is 28.9 Å². The number of carbonyl (C=O) groups excluding carboxylic acids is 1. The number of aromatic amines is 1. The van der Waals surface area contributed by atoms with E-state index in [-0.39, 0.29) is 11.5 Å². The molecule has 1 aliphatic carbocycles. The molecule has 1 aromatic rings. The average molecular weight is 246 g/mol. The second-order valence-corrected chi connectivity index (χ2v) is 5.35. The highest BCUT2D eigenvalue weighted by Crippen LogP contribution is 2.33. The summed E-state index contributed by atoms with van der Waals surface area (Å²) in [5.74, 6) is 0.926. The van der Waals surface area contributed by atoms with Crippen LogP contribution in [0.5, 0.6) is 0 Å². The molecule has 1 amide bonds. The molecule has 1 aromatic heterocycles. The monoisotopic (exact) mass is 246 g/mol. The van der Waals surface area contributed by atoms with Crippen LogP contribution in [0.4, 0.5) is 0 Å². The molecule has 2 aliphatic rings. The predicted octanol–water partition coefficient (Wildman–Crippen LogP) is 1.10. The highest BCUT2D eigenvalue weighted by Gasteiger charge is 2.27. The van der Waals surface area contributed by atoms with Crippen molar-refractivity contribution >= 4 is 5.91 Å². The van der Waals surface area contributed by atoms with Crippen molar-refractivity contribution in [2.45, 2.75) is 32.1 Å². The van der Waals surface area contributed by atoms with Crippen molar-refractivity contribution in [3.63, 3.8) is 0 Å². The minimum Gasteiger partial charge on any atom is -0.342 e. The van der Waals surface area contributed by atoms with Gasteiger partial charge in [-0.15, -0.1) is 0 Å². The fourth-order valence-electron chi connectivity index (χ4n) is 2.57. The van der Waals surface area contributed by atoms with Gasteiger partial charge in [-0.1, -0.05) is 6.07 Å². The Labute approximate surface area is 106 Å². The second-order valence-electron chi connectivity index (χ2n) is 5.35. The minimum absolute atomic E-state index is 0.0495. The van der Waals surface area contributed by atoms with Crippen LogP contribution in [0.1, 0.15) is 30.5 Å². The molecular weight excluding hydrogens is 228 g/mol. The molecule has 0 bridgehead atoms. The first-order valence-electron chi connectivity index (χ1n) is 6.71. The summed E-state index contributed by atoms with van der Waals surface area (Å²) in [7, 11) is 0. The van der Waals surface area contributed by atoms with Crippen LogP contribution in [0.25, 0.3) is 0 Å². The molecule has 18 heavy (non-hydrogen) atoms. The zero-order chi connectivity index (χ0) is 12.5. The van der Waals surface area contributed by atoms with Gasteiger partial charge in [-0.3, -0.25) is 9.59 Å². The number of H-pyrrole nitrogens is 1. The highest BCUT2D eigenvalue weighted by atomic mass is 16.2. The molecule has 2 heterocycles. The lowest BCUT2D eigenvalue weighted by molar-refractivity contribution is -0.131. The van der Waals surface area contributed by atoms with Crippen molar-refractivity contribution < 1.29 is 4.79 Å². The molecule has 1 saturated carbocycles. The summed E-state index contributed by atoms with van der Waals surface area (Å²) in [6.45, 7) is 1.52. The Balaban J connectivity index is 1.69. The standard InChI is InChI=1S/C14H18N2O2/c17-13-4-3-11-5-7-16(8-6-12(11)15-13)14(18)9-10-1-2-10/h3-4,10H,1-2,5-9H2,(H,15,17). The molecule has 96 valence electrons. The molecule has 0 atom stereocenters. The second kappa shape index (κ2) is 4.59. The van der Waals surface area contributed by atoms with E-state index in [2.05, 4.69) is 4.98 Å². The number of amides is 1. The van der Waals surface area contributed by atoms with E-state index >= 15 is 0 Å². The van der Waals surface area contributed by atoms with Gasteiger partial charge in [0.1, 0.15) is 0 Å². The van der Waals surface area contributed by atoms with Gasteiger partial charge in [0.15, 0.2) is 0 Å². The number of nitrogens with zero attached hydrogens (tertiary/aromatic N) is 1. The normalized spacial score (nSPS) is 19.2. The average Bonchev–Trinajstić information content (AvgIpc) is 3.15. The zero-order valence-corrected chi connectivity index (χ0v) is 10.4. The highest BCUT2D eigenvalue weighted by molar-refractivity contribution is 5.76. The summed E-state index contributed by atoms with van der Waals surface area (Å²) >= 11 is 0. The predicted molar refractivity (Wildman–Crippen MR) is 68.4 cm³/mol. The topological polar surface area (TPSA) is 53.2 Å². The Morgan fingerprint density at radius 3 is 2.83 bits per heavy atom. The van der Waals surface area contributed by atoms with Crippen molar-refractivity contribution in [1.82, 2.24) is 9.88 Å². The van der Waals surface area contributed by atoms with Crippen molar-refractivity contribution in [2.75, 3.05) is 13.1 Å². The summed E-state index contributed by atoms with van der Waals surface area (Å²) in [6, 6.07) is 3.46. The van der Waals surface area contributed by atoms with Gasteiger partial charge in [0.05, 0.1) is 0 Å². The van der Waals surface area contributed by atoms with Crippen molar-refractivity contribution in [3.05, 3.63) is 33.7 Å². The molecule has 3 rings (SSSR count). The Morgan fingerprint density at radius 2 is 2.06 bits per heavy atom. The lowest BCUT2D eigenvalue weighted by atomic mass is 10.1. The molecule has 4 heteroatoms. The van der Waals surface area contributed by atoms with E-state index in [0.717, 1.165) is 31.6 Å². The van der Waals surface area contributed by atoms with Gasteiger partial charge in [-0.25, -0.2) is 0 Å². The maximum atomic E-state index is 12.1. The Morgan fingerprint density at radius 1 is 1.28 bits per heavy atom. The Bertz CT molecular complexity index is 517. The number of hydrogen-bond acceptors (Lipinski definition) is 2. The lowest BCUT2D eigenvalue weighted by Gasteiger charge is -2.20. The molecule has 1 aliphatic heterocycles. The number of carbonyl (C=O) groups is 1. The van der Waals surface area contributed by atoms with Gasteiger partial charge < -0.3 is 9.88 Å². The summed E-state index contributed by atoms with van der Waals surface area (Å²) < 4.78 is 0. The fraction of sp³-hybridized carbons (Fsp3) is 0.571. The van der Waals surface area contributed by atoms with Crippen LogP contribution in [0.3, 0.4) is 0 Å². The zero-order valence-electron chi connectivity index (χ0n) is 10.4. The molecule has 4 nitrogen and oxygen atoms in total. The van der Waals surface area contributed by atoms with Crippen molar-refractivity contribution in [3.8, 4) is 0 Å². The number of pyridine rings is 1. The van der Waals surface area contributed by atoms with E-state index in [9.17, 15) is 9.59 Å².